The molecule has 0 unspecified atom stereocenters. The normalized spacial score (nSPS) is 10.4. The molecule has 0 aliphatic carbocycles. The molecule has 0 amide bonds. The second-order valence-electron chi connectivity index (χ2n) is 5.23. The molecule has 2 aromatic rings. The summed E-state index contributed by atoms with van der Waals surface area (Å²) < 4.78 is 0. The average Bonchev–Trinajstić information content (AvgIpc) is 2.47. The van der Waals surface area contributed by atoms with Crippen LogP contribution in [0.1, 0.15) is 23.1 Å². The van der Waals surface area contributed by atoms with Gasteiger partial charge in [0.1, 0.15) is 5.69 Å². The molecule has 0 fully saturated rings. The molecule has 0 aliphatic rings. The monoisotopic (exact) mass is 284 g/mol. The summed E-state index contributed by atoms with van der Waals surface area (Å²) in [7, 11) is 0. The molecule has 0 heterocycles. The van der Waals surface area contributed by atoms with Gasteiger partial charge in [-0.2, -0.15) is 0 Å². The van der Waals surface area contributed by atoms with Crippen molar-refractivity contribution in [1.29, 1.82) is 0 Å². The maximum atomic E-state index is 11.1. The highest BCUT2D eigenvalue weighted by molar-refractivity contribution is 5.64. The summed E-state index contributed by atoms with van der Waals surface area (Å²) in [6, 6.07) is 13.7. The number of rotatable bonds is 6. The summed E-state index contributed by atoms with van der Waals surface area (Å²) >= 11 is 0. The van der Waals surface area contributed by atoms with Gasteiger partial charge >= 0.3 is 0 Å². The minimum atomic E-state index is -0.327. The number of nitro benzene ring substituents is 1. The first kappa shape index (κ1) is 15.0. The fourth-order valence-corrected chi connectivity index (χ4v) is 2.25. The Balaban J connectivity index is 1.96. The van der Waals surface area contributed by atoms with Gasteiger partial charge in [0.2, 0.25) is 0 Å². The first-order valence-electron chi connectivity index (χ1n) is 7.11. The van der Waals surface area contributed by atoms with Crippen LogP contribution in [0.4, 0.5) is 11.4 Å². The molecule has 0 aromatic heterocycles. The summed E-state index contributed by atoms with van der Waals surface area (Å²) in [6.07, 6.45) is 1.90. The number of anilines is 1. The van der Waals surface area contributed by atoms with Gasteiger partial charge in [-0.1, -0.05) is 30.3 Å². The van der Waals surface area contributed by atoms with Gasteiger partial charge in [0.05, 0.1) is 4.92 Å². The van der Waals surface area contributed by atoms with E-state index in [2.05, 4.69) is 17.4 Å². The lowest BCUT2D eigenvalue weighted by atomic mass is 10.1. The number of nitrogens with zero attached hydrogens (tertiary/aromatic N) is 1. The third kappa shape index (κ3) is 4.05. The second-order valence-corrected chi connectivity index (χ2v) is 5.23. The van der Waals surface area contributed by atoms with Gasteiger partial charge in [-0.25, -0.2) is 0 Å². The lowest BCUT2D eigenvalue weighted by Crippen LogP contribution is -2.06. The molecule has 0 radical (unpaired) electrons. The van der Waals surface area contributed by atoms with Crippen LogP contribution in [0.2, 0.25) is 0 Å². The number of hydrogen-bond donors (Lipinski definition) is 1. The first-order valence-corrected chi connectivity index (χ1v) is 7.11. The predicted octanol–water partition coefficient (Wildman–Crippen LogP) is 4.26. The average molecular weight is 284 g/mol. The molecule has 4 nitrogen and oxygen atoms in total. The highest BCUT2D eigenvalue weighted by Crippen LogP contribution is 2.27. The Hall–Kier alpha value is -2.36. The summed E-state index contributed by atoms with van der Waals surface area (Å²) in [5.74, 6) is 0. The number of nitro groups is 1. The van der Waals surface area contributed by atoms with Crippen molar-refractivity contribution < 1.29 is 4.92 Å². The quantitative estimate of drug-likeness (QED) is 0.490. The maximum absolute atomic E-state index is 11.1. The van der Waals surface area contributed by atoms with Crippen molar-refractivity contribution in [3.63, 3.8) is 0 Å². The molecule has 0 aliphatic heterocycles. The number of nitrogens with one attached hydrogen (secondary N) is 1. The zero-order valence-electron chi connectivity index (χ0n) is 12.4. The summed E-state index contributed by atoms with van der Waals surface area (Å²) in [4.78, 5) is 10.8. The molecule has 2 rings (SSSR count). The van der Waals surface area contributed by atoms with E-state index in [0.29, 0.717) is 5.69 Å². The van der Waals surface area contributed by atoms with E-state index in [1.807, 2.05) is 38.1 Å². The Morgan fingerprint density at radius 1 is 1.10 bits per heavy atom. The molecule has 0 saturated heterocycles. The van der Waals surface area contributed by atoms with E-state index in [4.69, 9.17) is 0 Å². The van der Waals surface area contributed by atoms with E-state index in [9.17, 15) is 10.1 Å². The predicted molar refractivity (Wildman–Crippen MR) is 85.8 cm³/mol. The Morgan fingerprint density at radius 3 is 2.43 bits per heavy atom. The van der Waals surface area contributed by atoms with Crippen molar-refractivity contribution >= 4 is 11.4 Å². The van der Waals surface area contributed by atoms with E-state index in [-0.39, 0.29) is 10.6 Å². The molecule has 2 aromatic carbocycles. The molecular formula is C17H20N2O2. The Labute approximate surface area is 125 Å². The van der Waals surface area contributed by atoms with Crippen LogP contribution in [-0.2, 0) is 6.42 Å². The zero-order chi connectivity index (χ0) is 15.2. The van der Waals surface area contributed by atoms with Crippen molar-refractivity contribution in [2.45, 2.75) is 26.7 Å². The number of benzene rings is 2. The van der Waals surface area contributed by atoms with E-state index in [0.717, 1.165) is 30.5 Å². The lowest BCUT2D eigenvalue weighted by molar-refractivity contribution is -0.384. The summed E-state index contributed by atoms with van der Waals surface area (Å²) in [6.45, 7) is 4.58. The van der Waals surface area contributed by atoms with Gasteiger partial charge < -0.3 is 5.32 Å². The smallest absolute Gasteiger partial charge is 0.292 e. The van der Waals surface area contributed by atoms with Gasteiger partial charge in [-0.3, -0.25) is 10.1 Å². The minimum Gasteiger partial charge on any atom is -0.379 e. The van der Waals surface area contributed by atoms with Crippen LogP contribution in [0.3, 0.4) is 0 Å². The van der Waals surface area contributed by atoms with Crippen LogP contribution in [-0.4, -0.2) is 11.5 Å². The summed E-state index contributed by atoms with van der Waals surface area (Å²) in [5.41, 5.74) is 4.05. The van der Waals surface area contributed by atoms with Gasteiger partial charge in [0.25, 0.3) is 5.69 Å². The molecule has 1 N–H and O–H groups in total. The topological polar surface area (TPSA) is 55.2 Å². The van der Waals surface area contributed by atoms with Crippen LogP contribution in [0.5, 0.6) is 0 Å². The molecule has 110 valence electrons. The molecule has 4 heteroatoms. The van der Waals surface area contributed by atoms with E-state index >= 15 is 0 Å². The molecule has 0 spiro atoms. The standard InChI is InChI=1S/C17H20N2O2/c1-13-11-16(17(19(20)21)12-14(13)2)18-10-6-9-15-7-4-3-5-8-15/h3-5,7-8,11-12,18H,6,9-10H2,1-2H3. The third-order valence-corrected chi connectivity index (χ3v) is 3.61. The van der Waals surface area contributed by atoms with E-state index in [1.165, 1.54) is 5.56 Å². The van der Waals surface area contributed by atoms with Crippen LogP contribution < -0.4 is 5.32 Å². The summed E-state index contributed by atoms with van der Waals surface area (Å²) in [5, 5.41) is 14.3. The Kier molecular flexibility index (Phi) is 4.93. The SMILES string of the molecule is Cc1cc(NCCCc2ccccc2)c([N+](=O)[O-])cc1C. The zero-order valence-corrected chi connectivity index (χ0v) is 12.4. The lowest BCUT2D eigenvalue weighted by Gasteiger charge is -2.10. The minimum absolute atomic E-state index is 0.151. The fourth-order valence-electron chi connectivity index (χ4n) is 2.25. The molecule has 0 atom stereocenters. The fraction of sp³-hybridized carbons (Fsp3) is 0.294. The van der Waals surface area contributed by atoms with Gasteiger partial charge in [-0.15, -0.1) is 0 Å². The van der Waals surface area contributed by atoms with Gasteiger partial charge in [0.15, 0.2) is 0 Å². The molecular weight excluding hydrogens is 264 g/mol. The first-order chi connectivity index (χ1) is 10.1. The van der Waals surface area contributed by atoms with Crippen molar-refractivity contribution in [2.24, 2.45) is 0 Å². The van der Waals surface area contributed by atoms with Crippen LogP contribution >= 0.6 is 0 Å². The van der Waals surface area contributed by atoms with Gasteiger partial charge in [-0.05, 0) is 49.4 Å². The van der Waals surface area contributed by atoms with Crippen molar-refractivity contribution in [3.05, 3.63) is 69.3 Å². The van der Waals surface area contributed by atoms with Gasteiger partial charge in [0, 0.05) is 12.6 Å². The van der Waals surface area contributed by atoms with Crippen LogP contribution in [0, 0.1) is 24.0 Å². The second kappa shape index (κ2) is 6.88. The number of aryl methyl sites for hydroxylation is 3. The van der Waals surface area contributed by atoms with Crippen LogP contribution in [0.25, 0.3) is 0 Å². The van der Waals surface area contributed by atoms with E-state index < -0.39 is 0 Å². The number of hydrogen-bond acceptors (Lipinski definition) is 3. The van der Waals surface area contributed by atoms with Crippen molar-refractivity contribution in [3.8, 4) is 0 Å². The van der Waals surface area contributed by atoms with Crippen LogP contribution in [0.15, 0.2) is 42.5 Å². The Bertz CT molecular complexity index is 624. The highest BCUT2D eigenvalue weighted by atomic mass is 16.6. The van der Waals surface area contributed by atoms with Crippen molar-refractivity contribution in [1.82, 2.24) is 0 Å². The highest BCUT2D eigenvalue weighted by Gasteiger charge is 2.14. The van der Waals surface area contributed by atoms with Crippen molar-refractivity contribution in [2.75, 3.05) is 11.9 Å². The molecule has 0 saturated carbocycles. The maximum Gasteiger partial charge on any atom is 0.292 e. The Morgan fingerprint density at radius 2 is 1.76 bits per heavy atom. The third-order valence-electron chi connectivity index (χ3n) is 3.61. The molecule has 0 bridgehead atoms. The largest absolute Gasteiger partial charge is 0.379 e. The molecule has 21 heavy (non-hydrogen) atoms. The van der Waals surface area contributed by atoms with E-state index in [1.54, 1.807) is 6.07 Å².